The zero-order valence-electron chi connectivity index (χ0n) is 23.9. The normalized spacial score (nSPS) is 19.3. The average molecular weight is 646 g/mol. The van der Waals surface area contributed by atoms with Crippen molar-refractivity contribution in [1.29, 1.82) is 0 Å². The predicted octanol–water partition coefficient (Wildman–Crippen LogP) is 5.75. The van der Waals surface area contributed by atoms with Crippen molar-refractivity contribution in [2.24, 2.45) is 5.92 Å². The molecule has 1 fully saturated rings. The van der Waals surface area contributed by atoms with Crippen molar-refractivity contribution < 1.29 is 35.5 Å². The molecule has 0 amide bonds. The van der Waals surface area contributed by atoms with Crippen LogP contribution in [0.4, 0.5) is 29.1 Å². The van der Waals surface area contributed by atoms with Crippen LogP contribution in [-0.4, -0.2) is 69.9 Å². The molecule has 4 rings (SSSR count). The van der Waals surface area contributed by atoms with Gasteiger partial charge >= 0.3 is 6.18 Å². The molecule has 234 valence electrons. The van der Waals surface area contributed by atoms with Crippen LogP contribution in [-0.2, 0) is 16.6 Å². The fourth-order valence-electron chi connectivity index (χ4n) is 5.20. The molecular formula is C28H32ClF4N5O4S. The van der Waals surface area contributed by atoms with Crippen molar-refractivity contribution in [3.63, 3.8) is 0 Å². The minimum atomic E-state index is -4.61. The van der Waals surface area contributed by atoms with Gasteiger partial charge in [0.05, 0.1) is 37.4 Å². The fourth-order valence-corrected chi connectivity index (χ4v) is 6.95. The van der Waals surface area contributed by atoms with Gasteiger partial charge in [0.15, 0.2) is 0 Å². The molecule has 0 aliphatic heterocycles. The molecule has 0 saturated heterocycles. The number of alkyl halides is 3. The number of hydrogen-bond donors (Lipinski definition) is 1. The minimum Gasteiger partial charge on any atom is -0.497 e. The van der Waals surface area contributed by atoms with Gasteiger partial charge in [-0.2, -0.15) is 13.2 Å². The maximum Gasteiger partial charge on any atom is 0.391 e. The molecule has 0 spiro atoms. The summed E-state index contributed by atoms with van der Waals surface area (Å²) in [7, 11) is 1.64. The summed E-state index contributed by atoms with van der Waals surface area (Å²) < 4.78 is 95.4. The monoisotopic (exact) mass is 645 g/mol. The summed E-state index contributed by atoms with van der Waals surface area (Å²) in [6, 6.07) is 7.13. The molecule has 1 heterocycles. The summed E-state index contributed by atoms with van der Waals surface area (Å²) in [6.07, 6.45) is -1.87. The number of ether oxygens (including phenoxy) is 2. The van der Waals surface area contributed by atoms with E-state index in [0.717, 1.165) is 22.8 Å². The molecule has 3 aromatic rings. The van der Waals surface area contributed by atoms with E-state index in [4.69, 9.17) is 21.1 Å². The Morgan fingerprint density at radius 3 is 2.44 bits per heavy atom. The second-order valence-corrected chi connectivity index (χ2v) is 12.6. The first kappa shape index (κ1) is 32.6. The summed E-state index contributed by atoms with van der Waals surface area (Å²) in [5, 5.41) is 2.95. The van der Waals surface area contributed by atoms with E-state index in [-0.39, 0.29) is 42.3 Å². The van der Waals surface area contributed by atoms with Crippen LogP contribution in [0.3, 0.4) is 0 Å². The molecule has 1 unspecified atom stereocenters. The Balaban J connectivity index is 1.68. The predicted molar refractivity (Wildman–Crippen MR) is 155 cm³/mol. The number of benzene rings is 2. The van der Waals surface area contributed by atoms with Crippen molar-refractivity contribution in [2.75, 3.05) is 37.9 Å². The van der Waals surface area contributed by atoms with Gasteiger partial charge < -0.3 is 19.7 Å². The van der Waals surface area contributed by atoms with Gasteiger partial charge in [-0.1, -0.05) is 11.6 Å². The zero-order chi connectivity index (χ0) is 31.5. The van der Waals surface area contributed by atoms with E-state index in [2.05, 4.69) is 15.3 Å². The third-order valence-electron chi connectivity index (χ3n) is 7.50. The van der Waals surface area contributed by atoms with Crippen LogP contribution >= 0.6 is 11.6 Å². The Bertz CT molecular complexity index is 1530. The highest BCUT2D eigenvalue weighted by Crippen LogP contribution is 2.41. The van der Waals surface area contributed by atoms with Gasteiger partial charge in [-0.25, -0.2) is 27.1 Å². The molecule has 0 bridgehead atoms. The molecule has 15 heteroatoms. The number of nitrogens with zero attached hydrogens (tertiary/aromatic N) is 4. The van der Waals surface area contributed by atoms with Crippen molar-refractivity contribution in [3.8, 4) is 11.5 Å². The van der Waals surface area contributed by atoms with Gasteiger partial charge in [0, 0.05) is 36.0 Å². The Hall–Kier alpha value is -3.36. The van der Waals surface area contributed by atoms with Crippen LogP contribution in [0.2, 0.25) is 5.02 Å². The molecule has 1 aliphatic rings. The summed E-state index contributed by atoms with van der Waals surface area (Å²) in [5.74, 6) is -1.75. The van der Waals surface area contributed by atoms with Crippen LogP contribution in [0, 0.1) is 11.7 Å². The number of hydrogen-bond acceptors (Lipinski definition) is 8. The highest BCUT2D eigenvalue weighted by molar-refractivity contribution is 7.92. The number of aromatic nitrogens is 2. The van der Waals surface area contributed by atoms with E-state index < -0.39 is 44.9 Å². The fraction of sp³-hybridized carbons (Fsp3) is 0.429. The molecule has 9 nitrogen and oxygen atoms in total. The number of anilines is 2. The van der Waals surface area contributed by atoms with Crippen molar-refractivity contribution in [2.45, 2.75) is 49.0 Å². The van der Waals surface area contributed by atoms with Gasteiger partial charge in [0.25, 0.3) is 10.0 Å². The molecule has 1 aromatic heterocycles. The number of rotatable bonds is 10. The number of sulfonamides is 1. The van der Waals surface area contributed by atoms with Crippen molar-refractivity contribution in [3.05, 3.63) is 65.3 Å². The number of methoxy groups -OCH3 is 2. The van der Waals surface area contributed by atoms with E-state index in [1.165, 1.54) is 26.5 Å². The lowest BCUT2D eigenvalue weighted by Gasteiger charge is -2.41. The summed E-state index contributed by atoms with van der Waals surface area (Å²) in [5.41, 5.74) is 0.519. The van der Waals surface area contributed by atoms with Crippen molar-refractivity contribution in [1.82, 2.24) is 14.9 Å². The lowest BCUT2D eigenvalue weighted by atomic mass is 9.81. The second-order valence-electron chi connectivity index (χ2n) is 10.4. The van der Waals surface area contributed by atoms with Crippen LogP contribution in [0.1, 0.15) is 24.8 Å². The van der Waals surface area contributed by atoms with Gasteiger partial charge in [0.1, 0.15) is 34.4 Å². The second kappa shape index (κ2) is 13.1. The van der Waals surface area contributed by atoms with E-state index >= 15 is 4.39 Å². The maximum absolute atomic E-state index is 15.7. The highest BCUT2D eigenvalue weighted by atomic mass is 35.5. The standard InChI is InChI=1S/C28H32ClF4N5O4S/c1-37(2)24-11-18(28(31,32)33)6-8-22(24)36-23-14-21(30)26(13-20(23)29)43(39,40)38(27-9-10-34-16-35-27)15-17-5-7-19(41-3)12-25(17)42-4/h5,7,9-10,12-14,16,18,22,24,36H,6,8,11,15H2,1-4H3/t18?,22-,24-/m0/s1. The topological polar surface area (TPSA) is 96.9 Å². The van der Waals surface area contributed by atoms with Gasteiger partial charge in [-0.05, 0) is 57.6 Å². The average Bonchev–Trinajstić information content (AvgIpc) is 2.97. The SMILES string of the molecule is COc1ccc(CN(c2ccncn2)S(=O)(=O)c2cc(Cl)c(N[C@H]3CCC(C(F)(F)F)C[C@@H]3N(C)C)cc2F)c(OC)c1. The molecule has 1 aliphatic carbocycles. The Kier molecular flexibility index (Phi) is 9.92. The Labute approximate surface area is 252 Å². The van der Waals surface area contributed by atoms with Crippen LogP contribution in [0.25, 0.3) is 0 Å². The maximum atomic E-state index is 15.7. The molecule has 43 heavy (non-hydrogen) atoms. The third-order valence-corrected chi connectivity index (χ3v) is 9.58. The smallest absolute Gasteiger partial charge is 0.391 e. The van der Waals surface area contributed by atoms with Crippen molar-refractivity contribution >= 4 is 33.1 Å². The Morgan fingerprint density at radius 1 is 1.09 bits per heavy atom. The van der Waals surface area contributed by atoms with E-state index in [0.29, 0.717) is 17.1 Å². The lowest BCUT2D eigenvalue weighted by Crippen LogP contribution is -2.49. The van der Waals surface area contributed by atoms with Crippen LogP contribution < -0.4 is 19.1 Å². The van der Waals surface area contributed by atoms with Gasteiger partial charge in [-0.3, -0.25) is 0 Å². The summed E-state index contributed by atoms with van der Waals surface area (Å²) in [4.78, 5) is 8.88. The molecule has 1 saturated carbocycles. The molecule has 0 radical (unpaired) electrons. The van der Waals surface area contributed by atoms with Gasteiger partial charge in [-0.15, -0.1) is 0 Å². The zero-order valence-corrected chi connectivity index (χ0v) is 25.5. The van der Waals surface area contributed by atoms with E-state index in [9.17, 15) is 21.6 Å². The summed E-state index contributed by atoms with van der Waals surface area (Å²) >= 11 is 6.48. The minimum absolute atomic E-state index is 0.0270. The summed E-state index contributed by atoms with van der Waals surface area (Å²) in [6.45, 7) is -0.281. The number of nitrogens with one attached hydrogen (secondary N) is 1. The lowest BCUT2D eigenvalue weighted by molar-refractivity contribution is -0.186. The molecule has 3 atom stereocenters. The number of likely N-dealkylation sites (N-methyl/N-ethyl adjacent to an activating group) is 1. The van der Waals surface area contributed by atoms with E-state index in [1.807, 2.05) is 0 Å². The first-order valence-corrected chi connectivity index (χ1v) is 15.1. The largest absolute Gasteiger partial charge is 0.497 e. The first-order valence-electron chi connectivity index (χ1n) is 13.2. The Morgan fingerprint density at radius 2 is 1.84 bits per heavy atom. The van der Waals surface area contributed by atoms with Crippen LogP contribution in [0.15, 0.2) is 53.8 Å². The molecular weight excluding hydrogens is 614 g/mol. The van der Waals surface area contributed by atoms with Gasteiger partial charge in [0.2, 0.25) is 0 Å². The number of halogens is 5. The van der Waals surface area contributed by atoms with E-state index in [1.54, 1.807) is 37.2 Å². The van der Waals surface area contributed by atoms with Crippen LogP contribution in [0.5, 0.6) is 11.5 Å². The third kappa shape index (κ3) is 7.24. The highest BCUT2D eigenvalue weighted by Gasteiger charge is 2.45. The quantitative estimate of drug-likeness (QED) is 0.278. The first-order chi connectivity index (χ1) is 20.3. The molecule has 2 aromatic carbocycles. The molecule has 1 N–H and O–H groups in total.